The zero-order valence-corrected chi connectivity index (χ0v) is 13.8. The highest BCUT2D eigenvalue weighted by Crippen LogP contribution is 2.35. The SMILES string of the molecule is Clc1ccc(-c2cc(-c3ccccc3)c(-c3ccccc3)[nH]2)cc1. The first-order valence-corrected chi connectivity index (χ1v) is 8.29. The molecule has 0 aliphatic rings. The van der Waals surface area contributed by atoms with Gasteiger partial charge in [0.2, 0.25) is 0 Å². The van der Waals surface area contributed by atoms with E-state index in [9.17, 15) is 0 Å². The van der Waals surface area contributed by atoms with E-state index in [-0.39, 0.29) is 0 Å². The smallest absolute Gasteiger partial charge is 0.0538 e. The number of hydrogen-bond acceptors (Lipinski definition) is 0. The van der Waals surface area contributed by atoms with Gasteiger partial charge in [-0.3, -0.25) is 0 Å². The van der Waals surface area contributed by atoms with Gasteiger partial charge in [-0.15, -0.1) is 0 Å². The van der Waals surface area contributed by atoms with Gasteiger partial charge in [-0.05, 0) is 34.9 Å². The first-order chi connectivity index (χ1) is 11.8. The van der Waals surface area contributed by atoms with E-state index < -0.39 is 0 Å². The van der Waals surface area contributed by atoms with E-state index in [2.05, 4.69) is 59.6 Å². The van der Waals surface area contributed by atoms with Crippen molar-refractivity contribution in [2.75, 3.05) is 0 Å². The maximum atomic E-state index is 6.02. The lowest BCUT2D eigenvalue weighted by atomic mass is 10.0. The number of halogens is 1. The van der Waals surface area contributed by atoms with Crippen LogP contribution in [-0.4, -0.2) is 4.98 Å². The second-order valence-electron chi connectivity index (χ2n) is 5.71. The van der Waals surface area contributed by atoms with Gasteiger partial charge in [0, 0.05) is 16.3 Å². The van der Waals surface area contributed by atoms with E-state index in [1.54, 1.807) is 0 Å². The predicted octanol–water partition coefficient (Wildman–Crippen LogP) is 6.67. The largest absolute Gasteiger partial charge is 0.354 e. The number of H-pyrrole nitrogens is 1. The molecule has 0 unspecified atom stereocenters. The summed E-state index contributed by atoms with van der Waals surface area (Å²) in [6, 6.07) is 31.0. The summed E-state index contributed by atoms with van der Waals surface area (Å²) in [7, 11) is 0. The molecule has 0 saturated heterocycles. The third kappa shape index (κ3) is 2.86. The van der Waals surface area contributed by atoms with Crippen LogP contribution in [0.4, 0.5) is 0 Å². The van der Waals surface area contributed by atoms with Crippen LogP contribution < -0.4 is 0 Å². The summed E-state index contributed by atoms with van der Waals surface area (Å²) in [5.41, 5.74) is 6.92. The molecule has 0 amide bonds. The van der Waals surface area contributed by atoms with Crippen molar-refractivity contribution in [1.29, 1.82) is 0 Å². The quantitative estimate of drug-likeness (QED) is 0.432. The zero-order chi connectivity index (χ0) is 16.4. The Morgan fingerprint density at radius 1 is 0.583 bits per heavy atom. The van der Waals surface area contributed by atoms with Crippen LogP contribution in [0.25, 0.3) is 33.6 Å². The highest BCUT2D eigenvalue weighted by Gasteiger charge is 2.12. The summed E-state index contributed by atoms with van der Waals surface area (Å²) in [4.78, 5) is 3.59. The van der Waals surface area contributed by atoms with E-state index in [1.807, 2.05) is 36.4 Å². The lowest BCUT2D eigenvalue weighted by Gasteiger charge is -2.04. The topological polar surface area (TPSA) is 15.8 Å². The second-order valence-corrected chi connectivity index (χ2v) is 6.15. The van der Waals surface area contributed by atoms with Crippen LogP contribution in [0.5, 0.6) is 0 Å². The fourth-order valence-electron chi connectivity index (χ4n) is 2.92. The third-order valence-corrected chi connectivity index (χ3v) is 4.37. The molecule has 0 fully saturated rings. The standard InChI is InChI=1S/C22H16ClN/c23-19-13-11-17(12-14-19)21-15-20(16-7-3-1-4-8-16)22(24-21)18-9-5-2-6-10-18/h1-15,24H. The Kier molecular flexibility index (Phi) is 3.94. The molecule has 4 aromatic rings. The molecule has 4 rings (SSSR count). The number of benzene rings is 3. The monoisotopic (exact) mass is 329 g/mol. The van der Waals surface area contributed by atoms with Crippen molar-refractivity contribution in [2.45, 2.75) is 0 Å². The molecule has 2 heteroatoms. The maximum absolute atomic E-state index is 6.02. The molecule has 116 valence electrons. The maximum Gasteiger partial charge on any atom is 0.0538 e. The van der Waals surface area contributed by atoms with Crippen LogP contribution in [0.15, 0.2) is 91.0 Å². The highest BCUT2D eigenvalue weighted by atomic mass is 35.5. The molecule has 0 aliphatic heterocycles. The average molecular weight is 330 g/mol. The summed E-state index contributed by atoms with van der Waals surface area (Å²) in [5, 5.41) is 0.747. The van der Waals surface area contributed by atoms with E-state index in [0.717, 1.165) is 22.0 Å². The zero-order valence-electron chi connectivity index (χ0n) is 13.0. The molecule has 0 atom stereocenters. The van der Waals surface area contributed by atoms with Crippen molar-refractivity contribution in [2.24, 2.45) is 0 Å². The fraction of sp³-hybridized carbons (Fsp3) is 0. The molecule has 1 heterocycles. The third-order valence-electron chi connectivity index (χ3n) is 4.12. The van der Waals surface area contributed by atoms with Crippen LogP contribution in [0.1, 0.15) is 0 Å². The number of hydrogen-bond donors (Lipinski definition) is 1. The molecule has 0 bridgehead atoms. The number of aromatic nitrogens is 1. The lowest BCUT2D eigenvalue weighted by molar-refractivity contribution is 1.39. The van der Waals surface area contributed by atoms with Crippen LogP contribution >= 0.6 is 11.6 Å². The minimum atomic E-state index is 0.747. The van der Waals surface area contributed by atoms with Gasteiger partial charge in [0.1, 0.15) is 0 Å². The van der Waals surface area contributed by atoms with E-state index in [0.29, 0.717) is 0 Å². The van der Waals surface area contributed by atoms with E-state index in [4.69, 9.17) is 11.6 Å². The van der Waals surface area contributed by atoms with Crippen LogP contribution in [0.2, 0.25) is 5.02 Å². The molecule has 24 heavy (non-hydrogen) atoms. The summed E-state index contributed by atoms with van der Waals surface area (Å²) in [6.45, 7) is 0. The number of nitrogens with one attached hydrogen (secondary N) is 1. The van der Waals surface area contributed by atoms with Gasteiger partial charge in [-0.2, -0.15) is 0 Å². The van der Waals surface area contributed by atoms with Crippen molar-refractivity contribution >= 4 is 11.6 Å². The Balaban J connectivity index is 1.89. The first kappa shape index (κ1) is 14.8. The molecule has 0 radical (unpaired) electrons. The fourth-order valence-corrected chi connectivity index (χ4v) is 3.04. The summed E-state index contributed by atoms with van der Waals surface area (Å²) in [6.07, 6.45) is 0. The van der Waals surface area contributed by atoms with Gasteiger partial charge >= 0.3 is 0 Å². The lowest BCUT2D eigenvalue weighted by Crippen LogP contribution is -1.82. The van der Waals surface area contributed by atoms with Gasteiger partial charge in [0.25, 0.3) is 0 Å². The Bertz CT molecular complexity index is 881. The molecule has 0 aliphatic carbocycles. The predicted molar refractivity (Wildman–Crippen MR) is 102 cm³/mol. The first-order valence-electron chi connectivity index (χ1n) is 7.91. The van der Waals surface area contributed by atoms with Crippen LogP contribution in [0, 0.1) is 0 Å². The van der Waals surface area contributed by atoms with Gasteiger partial charge in [0.05, 0.1) is 5.69 Å². The van der Waals surface area contributed by atoms with Crippen molar-refractivity contribution in [3.8, 4) is 33.6 Å². The Labute approximate surface area is 146 Å². The minimum absolute atomic E-state index is 0.747. The van der Waals surface area contributed by atoms with Crippen molar-refractivity contribution in [3.63, 3.8) is 0 Å². The van der Waals surface area contributed by atoms with Crippen LogP contribution in [-0.2, 0) is 0 Å². The van der Waals surface area contributed by atoms with Gasteiger partial charge in [-0.25, -0.2) is 0 Å². The molecule has 1 nitrogen and oxygen atoms in total. The summed E-state index contributed by atoms with van der Waals surface area (Å²) < 4.78 is 0. The van der Waals surface area contributed by atoms with E-state index >= 15 is 0 Å². The Morgan fingerprint density at radius 3 is 1.79 bits per heavy atom. The molecular weight excluding hydrogens is 314 g/mol. The minimum Gasteiger partial charge on any atom is -0.354 e. The van der Waals surface area contributed by atoms with Crippen molar-refractivity contribution < 1.29 is 0 Å². The number of aromatic amines is 1. The molecule has 1 N–H and O–H groups in total. The molecule has 3 aromatic carbocycles. The Morgan fingerprint density at radius 2 is 1.17 bits per heavy atom. The average Bonchev–Trinajstić information content (AvgIpc) is 3.09. The molecule has 0 spiro atoms. The molecular formula is C22H16ClN. The van der Waals surface area contributed by atoms with Gasteiger partial charge < -0.3 is 4.98 Å². The highest BCUT2D eigenvalue weighted by molar-refractivity contribution is 6.30. The summed E-state index contributed by atoms with van der Waals surface area (Å²) in [5.74, 6) is 0. The number of rotatable bonds is 3. The Hall–Kier alpha value is -2.77. The molecule has 1 aromatic heterocycles. The normalized spacial score (nSPS) is 10.7. The van der Waals surface area contributed by atoms with Gasteiger partial charge in [-0.1, -0.05) is 84.4 Å². The van der Waals surface area contributed by atoms with E-state index in [1.165, 1.54) is 16.7 Å². The summed E-state index contributed by atoms with van der Waals surface area (Å²) >= 11 is 6.02. The van der Waals surface area contributed by atoms with Crippen molar-refractivity contribution in [1.82, 2.24) is 4.98 Å². The van der Waals surface area contributed by atoms with Gasteiger partial charge in [0.15, 0.2) is 0 Å². The van der Waals surface area contributed by atoms with Crippen molar-refractivity contribution in [3.05, 3.63) is 96.0 Å². The van der Waals surface area contributed by atoms with Crippen LogP contribution in [0.3, 0.4) is 0 Å². The second kappa shape index (κ2) is 6.38. The molecule has 0 saturated carbocycles.